The van der Waals surface area contributed by atoms with Crippen molar-refractivity contribution in [2.45, 2.75) is 31.8 Å². The van der Waals surface area contributed by atoms with Gasteiger partial charge in [0.25, 0.3) is 0 Å². The average molecular weight is 269 g/mol. The molecule has 3 rings (SSSR count). The van der Waals surface area contributed by atoms with Gasteiger partial charge in [-0.25, -0.2) is 4.39 Å². The van der Waals surface area contributed by atoms with Crippen molar-refractivity contribution >= 4 is 0 Å². The molecule has 0 saturated heterocycles. The van der Waals surface area contributed by atoms with Gasteiger partial charge in [0.05, 0.1) is 6.04 Å². The third-order valence-corrected chi connectivity index (χ3v) is 4.09. The molecule has 0 spiro atoms. The van der Waals surface area contributed by atoms with Gasteiger partial charge >= 0.3 is 0 Å². The maximum absolute atomic E-state index is 13.1. The van der Waals surface area contributed by atoms with Gasteiger partial charge in [-0.05, 0) is 48.9 Å². The van der Waals surface area contributed by atoms with Crippen molar-refractivity contribution in [1.29, 1.82) is 0 Å². The predicted molar refractivity (Wildman–Crippen MR) is 80.0 cm³/mol. The first kappa shape index (κ1) is 13.3. The molecule has 1 aliphatic carbocycles. The van der Waals surface area contributed by atoms with E-state index >= 15 is 0 Å². The van der Waals surface area contributed by atoms with Gasteiger partial charge in [0.1, 0.15) is 5.82 Å². The zero-order valence-corrected chi connectivity index (χ0v) is 11.7. The molecule has 2 unspecified atom stereocenters. The molecule has 1 nitrogen and oxygen atoms in total. The van der Waals surface area contributed by atoms with Crippen LogP contribution in [0.25, 0.3) is 0 Å². The molecule has 2 atom stereocenters. The first-order valence-corrected chi connectivity index (χ1v) is 7.30. The third-order valence-electron chi connectivity index (χ3n) is 4.09. The second kappa shape index (κ2) is 5.76. The van der Waals surface area contributed by atoms with Gasteiger partial charge in [-0.2, -0.15) is 0 Å². The van der Waals surface area contributed by atoms with Crippen LogP contribution < -0.4 is 5.32 Å². The lowest BCUT2D eigenvalue weighted by Crippen LogP contribution is -2.32. The van der Waals surface area contributed by atoms with E-state index in [1.807, 2.05) is 18.2 Å². The molecule has 2 aromatic rings. The summed E-state index contributed by atoms with van der Waals surface area (Å²) in [6, 6.07) is 17.8. The van der Waals surface area contributed by atoms with E-state index in [2.05, 4.69) is 36.5 Å². The Morgan fingerprint density at radius 2 is 1.55 bits per heavy atom. The highest BCUT2D eigenvalue weighted by Crippen LogP contribution is 2.34. The minimum atomic E-state index is -0.184. The van der Waals surface area contributed by atoms with Crippen molar-refractivity contribution in [2.24, 2.45) is 5.92 Å². The van der Waals surface area contributed by atoms with Gasteiger partial charge in [0.15, 0.2) is 0 Å². The van der Waals surface area contributed by atoms with E-state index in [4.69, 9.17) is 0 Å². The average Bonchev–Trinajstić information content (AvgIpc) is 3.31. The van der Waals surface area contributed by atoms with Gasteiger partial charge in [-0.1, -0.05) is 42.5 Å². The normalized spacial score (nSPS) is 17.7. The molecule has 104 valence electrons. The third kappa shape index (κ3) is 3.07. The maximum Gasteiger partial charge on any atom is 0.123 e. The molecule has 0 aliphatic heterocycles. The minimum absolute atomic E-state index is 0.132. The van der Waals surface area contributed by atoms with Crippen molar-refractivity contribution in [3.63, 3.8) is 0 Å². The maximum atomic E-state index is 13.1. The lowest BCUT2D eigenvalue weighted by Gasteiger charge is -2.24. The van der Waals surface area contributed by atoms with Crippen LogP contribution in [-0.4, -0.2) is 6.04 Å². The molecule has 1 aliphatic rings. The van der Waals surface area contributed by atoms with Gasteiger partial charge in [0.2, 0.25) is 0 Å². The van der Waals surface area contributed by atoms with E-state index < -0.39 is 0 Å². The second-order valence-electron chi connectivity index (χ2n) is 5.69. The number of halogens is 1. The predicted octanol–water partition coefficient (Wildman–Crippen LogP) is 4.30. The molecule has 0 aromatic heterocycles. The summed E-state index contributed by atoms with van der Waals surface area (Å²) in [6.45, 7) is 2.25. The molecule has 0 amide bonds. The second-order valence-corrected chi connectivity index (χ2v) is 5.69. The standard InChI is InChI=1S/C18H20FN/c1-13(14-7-8-14)20-18(15-5-3-2-4-6-15)16-9-11-17(19)12-10-16/h2-6,9-14,18,20H,7-8H2,1H3. The monoisotopic (exact) mass is 269 g/mol. The summed E-state index contributed by atoms with van der Waals surface area (Å²) in [5.74, 6) is 0.609. The van der Waals surface area contributed by atoms with E-state index in [0.29, 0.717) is 6.04 Å². The summed E-state index contributed by atoms with van der Waals surface area (Å²) in [6.07, 6.45) is 2.64. The van der Waals surface area contributed by atoms with Crippen molar-refractivity contribution in [3.8, 4) is 0 Å². The van der Waals surface area contributed by atoms with Crippen LogP contribution in [0.15, 0.2) is 54.6 Å². The molecule has 1 N–H and O–H groups in total. The lowest BCUT2D eigenvalue weighted by atomic mass is 9.97. The molecule has 2 heteroatoms. The Bertz CT molecular complexity index is 545. The molecule has 0 radical (unpaired) electrons. The lowest BCUT2D eigenvalue weighted by molar-refractivity contribution is 0.456. The smallest absolute Gasteiger partial charge is 0.123 e. The number of hydrogen-bond donors (Lipinski definition) is 1. The minimum Gasteiger partial charge on any atom is -0.303 e. The van der Waals surface area contributed by atoms with E-state index in [1.54, 1.807) is 0 Å². The largest absolute Gasteiger partial charge is 0.303 e. The van der Waals surface area contributed by atoms with Gasteiger partial charge in [-0.15, -0.1) is 0 Å². The van der Waals surface area contributed by atoms with Crippen molar-refractivity contribution in [3.05, 3.63) is 71.5 Å². The number of rotatable bonds is 5. The van der Waals surface area contributed by atoms with Crippen LogP contribution in [0, 0.1) is 11.7 Å². The zero-order chi connectivity index (χ0) is 13.9. The summed E-state index contributed by atoms with van der Waals surface area (Å²) in [5.41, 5.74) is 2.34. The number of nitrogens with one attached hydrogen (secondary N) is 1. The molecule has 20 heavy (non-hydrogen) atoms. The Balaban J connectivity index is 1.88. The fourth-order valence-corrected chi connectivity index (χ4v) is 2.68. The highest BCUT2D eigenvalue weighted by molar-refractivity contribution is 5.32. The molecule has 1 saturated carbocycles. The van der Waals surface area contributed by atoms with Gasteiger partial charge in [-0.3, -0.25) is 0 Å². The number of hydrogen-bond acceptors (Lipinski definition) is 1. The summed E-state index contributed by atoms with van der Waals surface area (Å²) < 4.78 is 13.1. The van der Waals surface area contributed by atoms with E-state index in [0.717, 1.165) is 11.5 Å². The topological polar surface area (TPSA) is 12.0 Å². The van der Waals surface area contributed by atoms with Crippen molar-refractivity contribution in [2.75, 3.05) is 0 Å². The Labute approximate surface area is 119 Å². The fraction of sp³-hybridized carbons (Fsp3) is 0.333. The van der Waals surface area contributed by atoms with Gasteiger partial charge < -0.3 is 5.32 Å². The summed E-state index contributed by atoms with van der Waals surface area (Å²) >= 11 is 0. The highest BCUT2D eigenvalue weighted by atomic mass is 19.1. The van der Waals surface area contributed by atoms with Crippen LogP contribution in [0.4, 0.5) is 4.39 Å². The summed E-state index contributed by atoms with van der Waals surface area (Å²) in [4.78, 5) is 0. The molecule has 1 fully saturated rings. The molecule has 0 heterocycles. The van der Waals surface area contributed by atoms with E-state index in [1.165, 1.54) is 30.5 Å². The Morgan fingerprint density at radius 1 is 0.950 bits per heavy atom. The molecular weight excluding hydrogens is 249 g/mol. The Kier molecular flexibility index (Phi) is 3.83. The van der Waals surface area contributed by atoms with Gasteiger partial charge in [0, 0.05) is 6.04 Å². The van der Waals surface area contributed by atoms with Crippen LogP contribution >= 0.6 is 0 Å². The van der Waals surface area contributed by atoms with E-state index in [9.17, 15) is 4.39 Å². The number of benzene rings is 2. The molecular formula is C18H20FN. The van der Waals surface area contributed by atoms with Crippen molar-refractivity contribution in [1.82, 2.24) is 5.32 Å². The van der Waals surface area contributed by atoms with Crippen LogP contribution in [0.3, 0.4) is 0 Å². The first-order valence-electron chi connectivity index (χ1n) is 7.30. The van der Waals surface area contributed by atoms with Crippen LogP contribution in [-0.2, 0) is 0 Å². The van der Waals surface area contributed by atoms with Crippen LogP contribution in [0.1, 0.15) is 36.9 Å². The quantitative estimate of drug-likeness (QED) is 0.853. The Hall–Kier alpha value is -1.67. The zero-order valence-electron chi connectivity index (χ0n) is 11.7. The van der Waals surface area contributed by atoms with E-state index in [-0.39, 0.29) is 11.9 Å². The van der Waals surface area contributed by atoms with Crippen LogP contribution in [0.5, 0.6) is 0 Å². The summed E-state index contributed by atoms with van der Waals surface area (Å²) in [5, 5.41) is 3.71. The first-order chi connectivity index (χ1) is 9.74. The summed E-state index contributed by atoms with van der Waals surface area (Å²) in [7, 11) is 0. The SMILES string of the molecule is CC(NC(c1ccccc1)c1ccc(F)cc1)C1CC1. The Morgan fingerprint density at radius 3 is 2.15 bits per heavy atom. The molecule has 2 aromatic carbocycles. The molecule has 0 bridgehead atoms. The highest BCUT2D eigenvalue weighted by Gasteiger charge is 2.29. The van der Waals surface area contributed by atoms with Crippen molar-refractivity contribution < 1.29 is 4.39 Å². The fourth-order valence-electron chi connectivity index (χ4n) is 2.68. The van der Waals surface area contributed by atoms with Crippen LogP contribution in [0.2, 0.25) is 0 Å².